The Bertz CT molecular complexity index is 1540. The largest absolute Gasteiger partial charge is 0.380 e. The molecule has 4 aromatic rings. The number of nitriles is 1. The molecule has 0 aliphatic heterocycles. The highest BCUT2D eigenvalue weighted by atomic mass is 35.5. The first-order valence-corrected chi connectivity index (χ1v) is 12.6. The van der Waals surface area contributed by atoms with Gasteiger partial charge in [0.15, 0.2) is 0 Å². The van der Waals surface area contributed by atoms with E-state index in [9.17, 15) is 11.0 Å². The van der Waals surface area contributed by atoms with Crippen LogP contribution in [-0.4, -0.2) is 26.0 Å². The van der Waals surface area contributed by atoms with Crippen molar-refractivity contribution in [3.8, 4) is 6.07 Å². The van der Waals surface area contributed by atoms with Gasteiger partial charge in [-0.3, -0.25) is 4.98 Å². The zero-order valence-corrected chi connectivity index (χ0v) is 21.9. The number of halogens is 2. The number of hydrogen-bond donors (Lipinski definition) is 2. The molecule has 2 aromatic heterocycles. The number of aromatic nitrogens is 4. The molecule has 1 saturated carbocycles. The van der Waals surface area contributed by atoms with Gasteiger partial charge in [0.2, 0.25) is 0 Å². The number of anilines is 2. The lowest BCUT2D eigenvalue weighted by Gasteiger charge is -2.30. The lowest BCUT2D eigenvalue weighted by molar-refractivity contribution is 0.359. The minimum Gasteiger partial charge on any atom is -0.380 e. The molecule has 5 rings (SSSR count). The lowest BCUT2D eigenvalue weighted by atomic mass is 9.87. The topological polar surface area (TPSA) is 91.5 Å². The molecule has 2 aromatic carbocycles. The molecule has 0 unspecified atom stereocenters. The Morgan fingerprint density at radius 3 is 2.59 bits per heavy atom. The second kappa shape index (κ2) is 9.64. The van der Waals surface area contributed by atoms with Crippen LogP contribution in [0.5, 0.6) is 0 Å². The maximum absolute atomic E-state index is 13.8. The van der Waals surface area contributed by atoms with E-state index in [4.69, 9.17) is 11.6 Å². The molecule has 37 heavy (non-hydrogen) atoms. The minimum atomic E-state index is -1.59. The highest BCUT2D eigenvalue weighted by Crippen LogP contribution is 2.38. The Labute approximate surface area is 222 Å². The van der Waals surface area contributed by atoms with Crippen molar-refractivity contribution < 1.29 is 5.76 Å². The molecule has 2 N–H and O–H groups in total. The second-order valence-corrected chi connectivity index (χ2v) is 11.0. The number of pyridine rings is 1. The van der Waals surface area contributed by atoms with Crippen molar-refractivity contribution in [2.24, 2.45) is 5.41 Å². The molecule has 190 valence electrons. The van der Waals surface area contributed by atoms with Gasteiger partial charge in [0.05, 0.1) is 41.4 Å². The van der Waals surface area contributed by atoms with E-state index in [1.807, 2.05) is 6.07 Å². The molecular formula is C28H29ClFN7. The van der Waals surface area contributed by atoms with Crippen LogP contribution < -0.4 is 10.6 Å². The maximum atomic E-state index is 13.8. The number of benzene rings is 2. The van der Waals surface area contributed by atoms with Gasteiger partial charge in [-0.2, -0.15) is 5.26 Å². The van der Waals surface area contributed by atoms with Crippen LogP contribution in [0.25, 0.3) is 10.9 Å². The van der Waals surface area contributed by atoms with Gasteiger partial charge >= 0.3 is 0 Å². The van der Waals surface area contributed by atoms with E-state index in [2.05, 4.69) is 59.7 Å². The Hall–Kier alpha value is -3.70. The van der Waals surface area contributed by atoms with Crippen molar-refractivity contribution in [3.63, 3.8) is 0 Å². The molecule has 1 fully saturated rings. The molecule has 2 atom stereocenters. The molecule has 0 amide bonds. The normalized spacial score (nSPS) is 16.5. The predicted octanol–water partition coefficient (Wildman–Crippen LogP) is 6.87. The predicted molar refractivity (Wildman–Crippen MR) is 144 cm³/mol. The van der Waals surface area contributed by atoms with Crippen LogP contribution in [0, 0.1) is 22.6 Å². The van der Waals surface area contributed by atoms with Crippen LogP contribution in [-0.2, 0) is 0 Å². The average Bonchev–Trinajstić information content (AvgIpc) is 3.59. The van der Waals surface area contributed by atoms with E-state index < -0.39 is 11.8 Å². The fourth-order valence-electron chi connectivity index (χ4n) is 3.96. The quantitative estimate of drug-likeness (QED) is 0.277. The molecule has 2 heterocycles. The van der Waals surface area contributed by atoms with Crippen molar-refractivity contribution in [3.05, 3.63) is 76.5 Å². The van der Waals surface area contributed by atoms with Crippen molar-refractivity contribution in [1.82, 2.24) is 20.0 Å². The fraction of sp³-hybridized carbons (Fsp3) is 0.357. The summed E-state index contributed by atoms with van der Waals surface area (Å²) in [6.07, 6.45) is 5.32. The highest BCUT2D eigenvalue weighted by Gasteiger charge is 2.27. The first-order valence-electron chi connectivity index (χ1n) is 12.7. The number of nitrogens with zero attached hydrogens (tertiary/aromatic N) is 5. The Morgan fingerprint density at radius 1 is 1.22 bits per heavy atom. The summed E-state index contributed by atoms with van der Waals surface area (Å²) in [4.78, 5) is 4.44. The second-order valence-electron chi connectivity index (χ2n) is 10.6. The van der Waals surface area contributed by atoms with E-state index in [0.29, 0.717) is 44.1 Å². The molecule has 0 saturated heterocycles. The van der Waals surface area contributed by atoms with Crippen LogP contribution in [0.15, 0.2) is 48.8 Å². The van der Waals surface area contributed by atoms with Gasteiger partial charge in [-0.15, -0.1) is 5.10 Å². The Kier molecular flexibility index (Phi) is 6.17. The van der Waals surface area contributed by atoms with Crippen molar-refractivity contribution >= 4 is 33.9 Å². The summed E-state index contributed by atoms with van der Waals surface area (Å²) < 4.78 is 25.1. The fourth-order valence-corrected chi connectivity index (χ4v) is 4.23. The number of hydrogen-bond acceptors (Lipinski definition) is 6. The standard InChI is InChI=1S/C28H29ClFN7/c1-16(28(2,3)4)33-25-18(13-31)14-32-27-22(25)11-20(12-23(27)29)34-26(17-5-7-19(30)8-6-17)24-15-37(36-35-24)21-9-10-21/h5-8,11-12,14-16,21,26,34H,9-10H2,1-4H3,(H,32,33)/t16-,26+/m0/s1/i26D. The van der Waals surface area contributed by atoms with E-state index in [-0.39, 0.29) is 17.5 Å². The zero-order chi connectivity index (χ0) is 27.2. The first kappa shape index (κ1) is 23.7. The summed E-state index contributed by atoms with van der Waals surface area (Å²) in [6.45, 7) is 8.41. The van der Waals surface area contributed by atoms with E-state index >= 15 is 0 Å². The molecule has 7 nitrogen and oxygen atoms in total. The van der Waals surface area contributed by atoms with Crippen LogP contribution >= 0.6 is 11.6 Å². The van der Waals surface area contributed by atoms with Crippen LogP contribution in [0.4, 0.5) is 15.8 Å². The maximum Gasteiger partial charge on any atom is 0.123 e. The molecule has 0 bridgehead atoms. The summed E-state index contributed by atoms with van der Waals surface area (Å²) in [7, 11) is 0. The molecule has 9 heteroatoms. The van der Waals surface area contributed by atoms with Crippen molar-refractivity contribution in [2.75, 3.05) is 10.6 Å². The van der Waals surface area contributed by atoms with Crippen LogP contribution in [0.3, 0.4) is 0 Å². The monoisotopic (exact) mass is 518 g/mol. The van der Waals surface area contributed by atoms with Gasteiger partial charge in [0.25, 0.3) is 0 Å². The summed E-state index contributed by atoms with van der Waals surface area (Å²) >= 11 is 6.70. The third-order valence-electron chi connectivity index (χ3n) is 6.79. The average molecular weight is 519 g/mol. The van der Waals surface area contributed by atoms with E-state index in [1.54, 1.807) is 29.1 Å². The third-order valence-corrected chi connectivity index (χ3v) is 7.08. The first-order chi connectivity index (χ1) is 18.0. The lowest BCUT2D eigenvalue weighted by Crippen LogP contribution is -2.31. The summed E-state index contributed by atoms with van der Waals surface area (Å²) in [5, 5.41) is 26.2. The molecule has 0 radical (unpaired) electrons. The van der Waals surface area contributed by atoms with Crippen molar-refractivity contribution in [1.29, 1.82) is 5.26 Å². The number of nitrogens with one attached hydrogen (secondary N) is 2. The SMILES string of the molecule is [2H][C@@](Nc1cc(Cl)c2ncc(C#N)c(N[C@@H](C)C(C)(C)C)c2c1)(c1ccc(F)cc1)c1cn(C2CC2)nn1. The van der Waals surface area contributed by atoms with Gasteiger partial charge in [-0.25, -0.2) is 9.07 Å². The van der Waals surface area contributed by atoms with Gasteiger partial charge in [0.1, 0.15) is 17.6 Å². The Balaban J connectivity index is 1.63. The number of rotatable bonds is 7. The van der Waals surface area contributed by atoms with Crippen LogP contribution in [0.2, 0.25) is 5.02 Å². The highest BCUT2D eigenvalue weighted by molar-refractivity contribution is 6.35. The van der Waals surface area contributed by atoms with Gasteiger partial charge in [0, 0.05) is 23.3 Å². The smallest absolute Gasteiger partial charge is 0.123 e. The van der Waals surface area contributed by atoms with Gasteiger partial charge in [-0.05, 0) is 55.0 Å². The molecule has 1 aliphatic carbocycles. The van der Waals surface area contributed by atoms with E-state index in [0.717, 1.165) is 12.8 Å². The minimum absolute atomic E-state index is 0.0301. The van der Waals surface area contributed by atoms with Crippen molar-refractivity contribution in [2.45, 2.75) is 58.6 Å². The number of fused-ring (bicyclic) bond motifs is 1. The van der Waals surface area contributed by atoms with Gasteiger partial charge < -0.3 is 10.6 Å². The Morgan fingerprint density at radius 2 is 1.95 bits per heavy atom. The summed E-state index contributed by atoms with van der Waals surface area (Å²) in [5.74, 6) is -0.398. The van der Waals surface area contributed by atoms with Gasteiger partial charge in [-0.1, -0.05) is 49.7 Å². The van der Waals surface area contributed by atoms with Crippen LogP contribution in [0.1, 0.15) is 70.8 Å². The summed E-state index contributed by atoms with van der Waals surface area (Å²) in [6, 6.07) is 10.2. The zero-order valence-electron chi connectivity index (χ0n) is 22.2. The third kappa shape index (κ3) is 5.23. The summed E-state index contributed by atoms with van der Waals surface area (Å²) in [5.41, 5.74) is 2.86. The molecular weight excluding hydrogens is 489 g/mol. The van der Waals surface area contributed by atoms with E-state index in [1.165, 1.54) is 18.3 Å². The molecule has 0 spiro atoms. The molecule has 1 aliphatic rings.